The zero-order valence-electron chi connectivity index (χ0n) is 5.86. The zero-order valence-corrected chi connectivity index (χ0v) is 5.86. The topological polar surface area (TPSA) is 12.0 Å². The molecule has 54 valence electrons. The highest BCUT2D eigenvalue weighted by Gasteiger charge is 2.26. The third kappa shape index (κ3) is 1.65. The number of nitrogens with one attached hydrogen (secondary N) is 1. The molecule has 0 aromatic rings. The van der Waals surface area contributed by atoms with Gasteiger partial charge in [0.15, 0.2) is 0 Å². The zero-order chi connectivity index (χ0) is 6.69. The first-order chi connectivity index (χ1) is 4.36. The van der Waals surface area contributed by atoms with Crippen LogP contribution in [0.4, 0.5) is 4.39 Å². The van der Waals surface area contributed by atoms with Crippen molar-refractivity contribution in [3.8, 4) is 0 Å². The van der Waals surface area contributed by atoms with Crippen molar-refractivity contribution in [2.24, 2.45) is 5.92 Å². The summed E-state index contributed by atoms with van der Waals surface area (Å²) >= 11 is 0. The van der Waals surface area contributed by atoms with Gasteiger partial charge >= 0.3 is 0 Å². The number of alkyl halides is 1. The predicted molar refractivity (Wildman–Crippen MR) is 36.2 cm³/mol. The minimum atomic E-state index is -0.138. The molecule has 2 heteroatoms. The van der Waals surface area contributed by atoms with Gasteiger partial charge in [-0.1, -0.05) is 0 Å². The lowest BCUT2D eigenvalue weighted by Crippen LogP contribution is -2.39. The Morgan fingerprint density at radius 2 is 2.22 bits per heavy atom. The third-order valence-corrected chi connectivity index (χ3v) is 2.16. The molecule has 1 aliphatic rings. The second-order valence-electron chi connectivity index (χ2n) is 2.80. The van der Waals surface area contributed by atoms with Crippen LogP contribution in [0.1, 0.15) is 19.3 Å². The van der Waals surface area contributed by atoms with E-state index in [1.165, 1.54) is 12.8 Å². The maximum atomic E-state index is 11.7. The van der Waals surface area contributed by atoms with Gasteiger partial charge in [-0.05, 0) is 32.2 Å². The van der Waals surface area contributed by atoms with Gasteiger partial charge in [0.05, 0.1) is 6.67 Å². The summed E-state index contributed by atoms with van der Waals surface area (Å²) in [6, 6.07) is 0.682. The molecule has 1 saturated carbocycles. The first kappa shape index (κ1) is 7.00. The number of hydrogen-bond acceptors (Lipinski definition) is 1. The molecule has 1 N–H and O–H groups in total. The van der Waals surface area contributed by atoms with E-state index in [4.69, 9.17) is 0 Å². The van der Waals surface area contributed by atoms with Crippen molar-refractivity contribution in [2.45, 2.75) is 25.3 Å². The highest BCUT2D eigenvalue weighted by molar-refractivity contribution is 4.83. The van der Waals surface area contributed by atoms with Gasteiger partial charge in [-0.25, -0.2) is 0 Å². The lowest BCUT2D eigenvalue weighted by Gasteiger charge is -2.34. The Labute approximate surface area is 55.6 Å². The Balaban J connectivity index is 1.98. The Hall–Kier alpha value is -0.110. The molecule has 1 fully saturated rings. The number of hydrogen-bond donors (Lipinski definition) is 1. The van der Waals surface area contributed by atoms with Gasteiger partial charge in [-0.2, -0.15) is 0 Å². The summed E-state index contributed by atoms with van der Waals surface area (Å²) in [6.45, 7) is -0.138. The summed E-state index contributed by atoms with van der Waals surface area (Å²) in [5.74, 6) is 0.674. The molecule has 0 atom stereocenters. The molecular formula is C7H14FN. The molecule has 1 rings (SSSR count). The highest BCUT2D eigenvalue weighted by Crippen LogP contribution is 2.29. The van der Waals surface area contributed by atoms with Gasteiger partial charge in [0.25, 0.3) is 0 Å². The van der Waals surface area contributed by atoms with Crippen LogP contribution < -0.4 is 5.32 Å². The van der Waals surface area contributed by atoms with Crippen LogP contribution in [0.25, 0.3) is 0 Å². The summed E-state index contributed by atoms with van der Waals surface area (Å²) in [5, 5.41) is 3.17. The second kappa shape index (κ2) is 3.16. The SMILES string of the molecule is CNC1CC(CCF)C1. The Morgan fingerprint density at radius 3 is 2.67 bits per heavy atom. The van der Waals surface area contributed by atoms with E-state index in [1.807, 2.05) is 7.05 Å². The monoisotopic (exact) mass is 131 g/mol. The van der Waals surface area contributed by atoms with Crippen LogP contribution in [-0.4, -0.2) is 19.8 Å². The van der Waals surface area contributed by atoms with E-state index in [2.05, 4.69) is 5.32 Å². The van der Waals surface area contributed by atoms with Gasteiger partial charge in [0.1, 0.15) is 0 Å². The third-order valence-electron chi connectivity index (χ3n) is 2.16. The van der Waals surface area contributed by atoms with E-state index in [9.17, 15) is 4.39 Å². The molecule has 0 aromatic heterocycles. The van der Waals surface area contributed by atoms with E-state index >= 15 is 0 Å². The molecule has 0 amide bonds. The Kier molecular flexibility index (Phi) is 2.46. The van der Waals surface area contributed by atoms with Gasteiger partial charge < -0.3 is 5.32 Å². The van der Waals surface area contributed by atoms with Crippen LogP contribution in [0, 0.1) is 5.92 Å². The van der Waals surface area contributed by atoms with Crippen molar-refractivity contribution < 1.29 is 4.39 Å². The molecule has 0 unspecified atom stereocenters. The largest absolute Gasteiger partial charge is 0.317 e. The van der Waals surface area contributed by atoms with Gasteiger partial charge in [-0.3, -0.25) is 4.39 Å². The van der Waals surface area contributed by atoms with E-state index in [0.29, 0.717) is 12.0 Å². The molecule has 1 nitrogen and oxygen atoms in total. The van der Waals surface area contributed by atoms with Crippen LogP contribution in [0.15, 0.2) is 0 Å². The molecule has 0 bridgehead atoms. The molecule has 0 radical (unpaired) electrons. The lowest BCUT2D eigenvalue weighted by molar-refractivity contribution is 0.205. The van der Waals surface area contributed by atoms with Crippen molar-refractivity contribution in [3.05, 3.63) is 0 Å². The fraction of sp³-hybridized carbons (Fsp3) is 1.00. The van der Waals surface area contributed by atoms with Gasteiger partial charge in [0, 0.05) is 6.04 Å². The van der Waals surface area contributed by atoms with Gasteiger partial charge in [0.2, 0.25) is 0 Å². The summed E-state index contributed by atoms with van der Waals surface area (Å²) in [7, 11) is 1.97. The maximum absolute atomic E-state index is 11.7. The van der Waals surface area contributed by atoms with Crippen molar-refractivity contribution >= 4 is 0 Å². The van der Waals surface area contributed by atoms with Crippen LogP contribution in [0.2, 0.25) is 0 Å². The predicted octanol–water partition coefficient (Wildman–Crippen LogP) is 1.34. The van der Waals surface area contributed by atoms with Crippen LogP contribution >= 0.6 is 0 Å². The fourth-order valence-electron chi connectivity index (χ4n) is 1.36. The number of halogens is 1. The molecule has 0 aliphatic heterocycles. The first-order valence-corrected chi connectivity index (χ1v) is 3.60. The minimum Gasteiger partial charge on any atom is -0.317 e. The standard InChI is InChI=1S/C7H14FN/c1-9-7-4-6(5-7)2-3-8/h6-7,9H,2-5H2,1H3. The minimum absolute atomic E-state index is 0.138. The normalized spacial score (nSPS) is 34.0. The smallest absolute Gasteiger partial charge is 0.0897 e. The molecular weight excluding hydrogens is 117 g/mol. The molecule has 0 saturated heterocycles. The summed E-state index contributed by atoms with van der Waals surface area (Å²) in [5.41, 5.74) is 0. The molecule has 1 aliphatic carbocycles. The number of rotatable bonds is 3. The Morgan fingerprint density at radius 1 is 1.56 bits per heavy atom. The van der Waals surface area contributed by atoms with E-state index < -0.39 is 0 Å². The molecule has 0 heterocycles. The highest BCUT2D eigenvalue weighted by atomic mass is 19.1. The van der Waals surface area contributed by atoms with E-state index in [0.717, 1.165) is 6.42 Å². The van der Waals surface area contributed by atoms with Gasteiger partial charge in [-0.15, -0.1) is 0 Å². The summed E-state index contributed by atoms with van der Waals surface area (Å²) < 4.78 is 11.7. The quantitative estimate of drug-likeness (QED) is 0.609. The van der Waals surface area contributed by atoms with Crippen LogP contribution in [-0.2, 0) is 0 Å². The average molecular weight is 131 g/mol. The molecule has 0 aromatic carbocycles. The van der Waals surface area contributed by atoms with Crippen molar-refractivity contribution in [1.82, 2.24) is 5.32 Å². The van der Waals surface area contributed by atoms with Crippen LogP contribution in [0.3, 0.4) is 0 Å². The second-order valence-corrected chi connectivity index (χ2v) is 2.80. The fourth-order valence-corrected chi connectivity index (χ4v) is 1.36. The average Bonchev–Trinajstić information content (AvgIpc) is 1.77. The molecule has 9 heavy (non-hydrogen) atoms. The van der Waals surface area contributed by atoms with Crippen molar-refractivity contribution in [1.29, 1.82) is 0 Å². The lowest BCUT2D eigenvalue weighted by atomic mass is 9.79. The van der Waals surface area contributed by atoms with E-state index in [1.54, 1.807) is 0 Å². The summed E-state index contributed by atoms with van der Waals surface area (Å²) in [4.78, 5) is 0. The first-order valence-electron chi connectivity index (χ1n) is 3.60. The summed E-state index contributed by atoms with van der Waals surface area (Å²) in [6.07, 6.45) is 3.14. The molecule has 0 spiro atoms. The van der Waals surface area contributed by atoms with E-state index in [-0.39, 0.29) is 6.67 Å². The van der Waals surface area contributed by atoms with Crippen molar-refractivity contribution in [3.63, 3.8) is 0 Å². The Bertz CT molecular complexity index is 79.0. The van der Waals surface area contributed by atoms with Crippen molar-refractivity contribution in [2.75, 3.05) is 13.7 Å². The maximum Gasteiger partial charge on any atom is 0.0897 e. The van der Waals surface area contributed by atoms with Crippen LogP contribution in [0.5, 0.6) is 0 Å².